The number of phenols is 1. The molecule has 1 aromatic rings. The number of ether oxygens (including phenoxy) is 1. The van der Waals surface area contributed by atoms with Crippen molar-refractivity contribution in [1.29, 1.82) is 0 Å². The molecule has 166 valence electrons. The molecule has 0 aliphatic carbocycles. The summed E-state index contributed by atoms with van der Waals surface area (Å²) >= 11 is 0. The number of carboxylic acids is 1. The highest BCUT2D eigenvalue weighted by molar-refractivity contribution is 5.91. The van der Waals surface area contributed by atoms with Crippen LogP contribution in [0.15, 0.2) is 18.2 Å². The molecule has 0 aromatic heterocycles. The summed E-state index contributed by atoms with van der Waals surface area (Å²) < 4.78 is 5.56. The second-order valence-corrected chi connectivity index (χ2v) is 8.14. The second kappa shape index (κ2) is 17.2. The first-order valence-corrected chi connectivity index (χ1v) is 11.8. The Morgan fingerprint density at radius 1 is 0.759 bits per heavy atom. The fourth-order valence-corrected chi connectivity index (χ4v) is 3.64. The van der Waals surface area contributed by atoms with Crippen LogP contribution < -0.4 is 4.74 Å². The molecule has 0 aliphatic rings. The number of phenolic OH excluding ortho intramolecular Hbond substituents is 1. The van der Waals surface area contributed by atoms with E-state index in [1.807, 2.05) is 0 Å². The quantitative estimate of drug-likeness (QED) is 0.231. The highest BCUT2D eigenvalue weighted by Crippen LogP contribution is 2.24. The SMILES string of the molecule is CCCCCCCCCCCCCCCCCCOc1cc(O)ccc1C(=O)O. The Morgan fingerprint density at radius 3 is 1.66 bits per heavy atom. The minimum Gasteiger partial charge on any atom is -0.508 e. The number of hydrogen-bond donors (Lipinski definition) is 2. The molecular formula is C25H42O4. The molecule has 0 saturated heterocycles. The van der Waals surface area contributed by atoms with Crippen LogP contribution in [0.4, 0.5) is 0 Å². The molecule has 29 heavy (non-hydrogen) atoms. The molecule has 1 rings (SSSR count). The minimum absolute atomic E-state index is 0.0250. The summed E-state index contributed by atoms with van der Waals surface area (Å²) in [5, 5.41) is 18.6. The van der Waals surface area contributed by atoms with Crippen molar-refractivity contribution >= 4 is 5.97 Å². The highest BCUT2D eigenvalue weighted by atomic mass is 16.5. The molecule has 0 unspecified atom stereocenters. The summed E-state index contributed by atoms with van der Waals surface area (Å²) in [6.45, 7) is 2.76. The molecule has 2 N–H and O–H groups in total. The maximum absolute atomic E-state index is 11.2. The summed E-state index contributed by atoms with van der Waals surface area (Å²) in [5.74, 6) is -0.762. The molecule has 0 fully saturated rings. The lowest BCUT2D eigenvalue weighted by Gasteiger charge is -2.09. The zero-order chi connectivity index (χ0) is 21.2. The van der Waals surface area contributed by atoms with E-state index in [0.717, 1.165) is 12.8 Å². The Bertz CT molecular complexity index is 542. The van der Waals surface area contributed by atoms with E-state index < -0.39 is 5.97 Å². The predicted octanol–water partition coefficient (Wildman–Crippen LogP) is 7.73. The topological polar surface area (TPSA) is 66.8 Å². The Balaban J connectivity index is 1.89. The summed E-state index contributed by atoms with van der Waals surface area (Å²) in [4.78, 5) is 11.2. The molecule has 4 nitrogen and oxygen atoms in total. The van der Waals surface area contributed by atoms with Gasteiger partial charge in [-0.25, -0.2) is 4.79 Å². The first-order chi connectivity index (χ1) is 14.1. The lowest BCUT2D eigenvalue weighted by atomic mass is 10.0. The van der Waals surface area contributed by atoms with Gasteiger partial charge in [0.25, 0.3) is 0 Å². The Kier molecular flexibility index (Phi) is 15.0. The number of unbranched alkanes of at least 4 members (excludes halogenated alkanes) is 15. The minimum atomic E-state index is -1.04. The van der Waals surface area contributed by atoms with Gasteiger partial charge in [0.15, 0.2) is 0 Å². The normalized spacial score (nSPS) is 10.9. The van der Waals surface area contributed by atoms with Crippen molar-refractivity contribution in [3.63, 3.8) is 0 Å². The van der Waals surface area contributed by atoms with Gasteiger partial charge in [-0.2, -0.15) is 0 Å². The molecule has 1 aromatic carbocycles. The van der Waals surface area contributed by atoms with E-state index in [0.29, 0.717) is 6.61 Å². The number of carboxylic acid groups (broad SMARTS) is 1. The van der Waals surface area contributed by atoms with Gasteiger partial charge in [0.2, 0.25) is 0 Å². The smallest absolute Gasteiger partial charge is 0.339 e. The fourth-order valence-electron chi connectivity index (χ4n) is 3.64. The number of rotatable bonds is 19. The first kappa shape index (κ1) is 25.3. The molecule has 0 heterocycles. The molecule has 4 heteroatoms. The summed E-state index contributed by atoms with van der Waals surface area (Å²) in [7, 11) is 0. The van der Waals surface area contributed by atoms with E-state index in [1.54, 1.807) is 0 Å². The average Bonchev–Trinajstić information content (AvgIpc) is 2.70. The van der Waals surface area contributed by atoms with Crippen LogP contribution in [0.25, 0.3) is 0 Å². The van der Waals surface area contributed by atoms with Crippen LogP contribution in [-0.2, 0) is 0 Å². The summed E-state index contributed by atoms with van der Waals surface area (Å²) in [6.07, 6.45) is 21.1. The standard InChI is InChI=1S/C25H42O4/c1-2-3-4-5-6-7-8-9-10-11-12-13-14-15-16-17-20-29-24-21-22(26)18-19-23(24)25(27)28/h18-19,21,26H,2-17,20H2,1H3,(H,27,28). The first-order valence-electron chi connectivity index (χ1n) is 11.8. The van der Waals surface area contributed by atoms with E-state index in [4.69, 9.17) is 9.84 Å². The monoisotopic (exact) mass is 406 g/mol. The Morgan fingerprint density at radius 2 is 1.21 bits per heavy atom. The van der Waals surface area contributed by atoms with Crippen LogP contribution in [0.3, 0.4) is 0 Å². The third-order valence-electron chi connectivity index (χ3n) is 5.45. The van der Waals surface area contributed by atoms with Gasteiger partial charge in [0, 0.05) is 6.07 Å². The summed E-state index contributed by atoms with van der Waals surface area (Å²) in [6, 6.07) is 4.11. The van der Waals surface area contributed by atoms with Crippen molar-refractivity contribution in [1.82, 2.24) is 0 Å². The molecule has 0 radical (unpaired) electrons. The van der Waals surface area contributed by atoms with Crippen LogP contribution in [-0.4, -0.2) is 22.8 Å². The molecular weight excluding hydrogens is 364 g/mol. The van der Waals surface area contributed by atoms with Gasteiger partial charge in [-0.15, -0.1) is 0 Å². The van der Waals surface area contributed by atoms with Gasteiger partial charge in [-0.05, 0) is 18.6 Å². The van der Waals surface area contributed by atoms with Gasteiger partial charge < -0.3 is 14.9 Å². The molecule has 0 atom stereocenters. The second-order valence-electron chi connectivity index (χ2n) is 8.14. The third-order valence-corrected chi connectivity index (χ3v) is 5.45. The van der Waals surface area contributed by atoms with Gasteiger partial charge in [-0.1, -0.05) is 103 Å². The summed E-state index contributed by atoms with van der Waals surface area (Å²) in [5.41, 5.74) is 0.0966. The Labute approximate surface area is 177 Å². The van der Waals surface area contributed by atoms with Crippen LogP contribution >= 0.6 is 0 Å². The van der Waals surface area contributed by atoms with E-state index in [9.17, 15) is 9.90 Å². The Hall–Kier alpha value is -1.71. The van der Waals surface area contributed by atoms with Gasteiger partial charge in [0.1, 0.15) is 17.1 Å². The molecule has 0 spiro atoms. The number of carbonyl (C=O) groups is 1. The largest absolute Gasteiger partial charge is 0.508 e. The number of benzene rings is 1. The fraction of sp³-hybridized carbons (Fsp3) is 0.720. The average molecular weight is 407 g/mol. The van der Waals surface area contributed by atoms with Crippen molar-refractivity contribution in [2.45, 2.75) is 110 Å². The van der Waals surface area contributed by atoms with E-state index in [2.05, 4.69) is 6.92 Å². The molecule has 0 bridgehead atoms. The number of aromatic carboxylic acids is 1. The van der Waals surface area contributed by atoms with Gasteiger partial charge >= 0.3 is 5.97 Å². The maximum atomic E-state index is 11.2. The van der Waals surface area contributed by atoms with E-state index in [1.165, 1.54) is 108 Å². The maximum Gasteiger partial charge on any atom is 0.339 e. The lowest BCUT2D eigenvalue weighted by Crippen LogP contribution is -2.04. The van der Waals surface area contributed by atoms with Crippen LogP contribution in [0.2, 0.25) is 0 Å². The zero-order valence-corrected chi connectivity index (χ0v) is 18.5. The van der Waals surface area contributed by atoms with Crippen molar-refractivity contribution in [2.24, 2.45) is 0 Å². The zero-order valence-electron chi connectivity index (χ0n) is 18.5. The van der Waals surface area contributed by atoms with Crippen LogP contribution in [0.1, 0.15) is 120 Å². The van der Waals surface area contributed by atoms with E-state index in [-0.39, 0.29) is 17.1 Å². The number of aromatic hydroxyl groups is 1. The third kappa shape index (κ3) is 13.2. The molecule has 0 saturated carbocycles. The van der Waals surface area contributed by atoms with Crippen molar-refractivity contribution in [3.05, 3.63) is 23.8 Å². The lowest BCUT2D eigenvalue weighted by molar-refractivity contribution is 0.0692. The van der Waals surface area contributed by atoms with Gasteiger partial charge in [0.05, 0.1) is 6.61 Å². The highest BCUT2D eigenvalue weighted by Gasteiger charge is 2.11. The van der Waals surface area contributed by atoms with Crippen LogP contribution in [0, 0.1) is 0 Å². The molecule has 0 aliphatic heterocycles. The van der Waals surface area contributed by atoms with Gasteiger partial charge in [-0.3, -0.25) is 0 Å². The molecule has 0 amide bonds. The van der Waals surface area contributed by atoms with Crippen molar-refractivity contribution < 1.29 is 19.7 Å². The van der Waals surface area contributed by atoms with Crippen molar-refractivity contribution in [2.75, 3.05) is 6.61 Å². The number of hydrogen-bond acceptors (Lipinski definition) is 3. The predicted molar refractivity (Wildman–Crippen MR) is 120 cm³/mol. The van der Waals surface area contributed by atoms with Crippen molar-refractivity contribution in [3.8, 4) is 11.5 Å². The van der Waals surface area contributed by atoms with Crippen LogP contribution in [0.5, 0.6) is 11.5 Å². The van der Waals surface area contributed by atoms with E-state index >= 15 is 0 Å².